The largest absolute Gasteiger partial charge is 0.464 e. The Bertz CT molecular complexity index is 2060. The molecule has 2 unspecified atom stereocenters. The number of carbonyl (C=O) groups excluding carboxylic acids is 8. The van der Waals surface area contributed by atoms with Gasteiger partial charge >= 0.3 is 12.1 Å². The number of aliphatic hydroxyl groups is 1. The van der Waals surface area contributed by atoms with Crippen LogP contribution in [-0.4, -0.2) is 210 Å². The molecule has 1 aromatic rings. The molecule has 0 saturated carbocycles. The molecule has 0 aromatic heterocycles. The molecule has 456 valence electrons. The van der Waals surface area contributed by atoms with Crippen LogP contribution in [0.15, 0.2) is 30.3 Å². The van der Waals surface area contributed by atoms with Gasteiger partial charge in [-0.3, -0.25) is 33.7 Å². The number of likely N-dealkylation sites (tertiary alicyclic amines) is 1. The van der Waals surface area contributed by atoms with Gasteiger partial charge in [0.05, 0.1) is 62.0 Å². The molecular formula is C57H98N8O15. The van der Waals surface area contributed by atoms with Crippen molar-refractivity contribution < 1.29 is 71.9 Å². The summed E-state index contributed by atoms with van der Waals surface area (Å²) in [4.78, 5) is 113. The zero-order valence-electron chi connectivity index (χ0n) is 50.4. The molecule has 1 heterocycles. The van der Waals surface area contributed by atoms with E-state index in [0.29, 0.717) is 32.2 Å². The third-order valence-electron chi connectivity index (χ3n) is 14.7. The maximum atomic E-state index is 14.5. The highest BCUT2D eigenvalue weighted by atomic mass is 16.7. The number of esters is 1. The smallest absolute Gasteiger partial charge is 0.407 e. The second kappa shape index (κ2) is 36.8. The van der Waals surface area contributed by atoms with E-state index in [2.05, 4.69) is 26.6 Å². The Hall–Kier alpha value is -5.46. The molecule has 7 amide bonds. The Morgan fingerprint density at radius 2 is 1.45 bits per heavy atom. The third-order valence-corrected chi connectivity index (χ3v) is 14.7. The number of aliphatic hydroxyl groups excluding tert-OH is 1. The summed E-state index contributed by atoms with van der Waals surface area (Å²) in [7, 11) is 9.77. The maximum absolute atomic E-state index is 14.5. The molecule has 80 heavy (non-hydrogen) atoms. The van der Waals surface area contributed by atoms with Crippen LogP contribution in [0.5, 0.6) is 0 Å². The molecule has 1 fully saturated rings. The van der Waals surface area contributed by atoms with Gasteiger partial charge in [0.15, 0.2) is 6.29 Å². The molecule has 1 saturated heterocycles. The summed E-state index contributed by atoms with van der Waals surface area (Å²) >= 11 is 0. The van der Waals surface area contributed by atoms with Gasteiger partial charge in [0, 0.05) is 60.9 Å². The SMILES string of the molecule is CCC(CO)OC(COC(=O)NCCC(=O)N[C@@H](C)C(=O)OCCCNC(=O)[C@@H](Cc1ccccc1)NC(=O)[C@H](C)[C@@H](OC)[C@@H]1CCCN1C(=O)C[C@@H](OC)[C@H]([C@@H](C)CC)N(C)C(=O)[C@@H](NC(=O)[C@H](C(C)C)N(C)C)C(C)C)OC. The lowest BCUT2D eigenvalue weighted by Crippen LogP contribution is -2.59. The van der Waals surface area contributed by atoms with Gasteiger partial charge in [-0.2, -0.15) is 0 Å². The highest BCUT2D eigenvalue weighted by Crippen LogP contribution is 2.30. The van der Waals surface area contributed by atoms with Gasteiger partial charge in [0.1, 0.15) is 24.7 Å². The van der Waals surface area contributed by atoms with Crippen molar-refractivity contribution in [1.82, 2.24) is 41.3 Å². The Kier molecular flexibility index (Phi) is 32.5. The first-order chi connectivity index (χ1) is 37.9. The third kappa shape index (κ3) is 22.8. The number of amides is 7. The van der Waals surface area contributed by atoms with E-state index in [-0.39, 0.29) is 94.1 Å². The van der Waals surface area contributed by atoms with Crippen molar-refractivity contribution in [3.8, 4) is 0 Å². The lowest BCUT2D eigenvalue weighted by molar-refractivity contribution is -0.181. The summed E-state index contributed by atoms with van der Waals surface area (Å²) in [5, 5.41) is 23.1. The van der Waals surface area contributed by atoms with Crippen LogP contribution < -0.4 is 26.6 Å². The average molecular weight is 1140 g/mol. The number of ether oxygens (including phenoxy) is 6. The summed E-state index contributed by atoms with van der Waals surface area (Å²) in [6.45, 7) is 16.6. The predicted molar refractivity (Wildman–Crippen MR) is 300 cm³/mol. The summed E-state index contributed by atoms with van der Waals surface area (Å²) in [6.07, 6.45) is -1.03. The molecule has 23 heteroatoms. The zero-order valence-corrected chi connectivity index (χ0v) is 50.4. The molecule has 1 aliphatic heterocycles. The number of benzene rings is 1. The first kappa shape index (κ1) is 70.6. The molecule has 0 spiro atoms. The minimum absolute atomic E-state index is 0.00388. The Morgan fingerprint density at radius 3 is 2.01 bits per heavy atom. The fourth-order valence-corrected chi connectivity index (χ4v) is 9.97. The molecule has 1 aromatic carbocycles. The molecule has 0 bridgehead atoms. The number of nitrogens with one attached hydrogen (secondary N) is 5. The van der Waals surface area contributed by atoms with Crippen molar-refractivity contribution in [2.24, 2.45) is 23.7 Å². The van der Waals surface area contributed by atoms with E-state index < -0.39 is 96.6 Å². The molecule has 23 nitrogen and oxygen atoms in total. The number of likely N-dealkylation sites (N-methyl/N-ethyl adjacent to an activating group) is 2. The van der Waals surface area contributed by atoms with Gasteiger partial charge in [-0.25, -0.2) is 9.59 Å². The monoisotopic (exact) mass is 1130 g/mol. The van der Waals surface area contributed by atoms with E-state index in [1.54, 1.807) is 23.8 Å². The molecular weight excluding hydrogens is 1040 g/mol. The highest BCUT2D eigenvalue weighted by molar-refractivity contribution is 5.91. The number of hydrogen-bond acceptors (Lipinski definition) is 16. The quantitative estimate of drug-likeness (QED) is 0.0317. The summed E-state index contributed by atoms with van der Waals surface area (Å²) in [5.74, 6) is -4.02. The fraction of sp³-hybridized carbons (Fsp3) is 0.754. The molecule has 12 atom stereocenters. The standard InChI is InChI=1S/C57H98N8O15/c1-16-37(7)50(64(12)55(72)48(35(3)4)62-54(71)49(36(5)6)63(10)11)44(75-13)32-46(68)65-29-21-25-43(65)51(77-15)38(8)52(69)61-42(31-40-23-19-18-20-24-40)53(70)58-27-22-30-78-56(73)39(9)60-45(67)26-28-59-57(74)79-34-47(76-14)80-41(17-2)33-66/h18-20,23-24,35-39,41-44,47-51,66H,16-17,21-22,25-34H2,1-15H3,(H,58,70)(H,59,74)(H,60,67)(H,61,69)(H,62,71)/t37-,38+,39-,41?,42+,43-,44+,47?,48-,49-,50-,51+/m0/s1. The number of alkyl carbamates (subject to hydrolysis) is 1. The predicted octanol–water partition coefficient (Wildman–Crippen LogP) is 2.79. The van der Waals surface area contributed by atoms with Gasteiger partial charge in [-0.05, 0) is 70.0 Å². The van der Waals surface area contributed by atoms with Crippen LogP contribution in [0.1, 0.15) is 113 Å². The lowest BCUT2D eigenvalue weighted by atomic mass is 9.89. The van der Waals surface area contributed by atoms with E-state index in [4.69, 9.17) is 28.4 Å². The minimum atomic E-state index is -1.01. The van der Waals surface area contributed by atoms with Crippen molar-refractivity contribution in [3.63, 3.8) is 0 Å². The van der Waals surface area contributed by atoms with E-state index in [1.807, 2.05) is 97.8 Å². The van der Waals surface area contributed by atoms with Crippen molar-refractivity contribution in [3.05, 3.63) is 35.9 Å². The van der Waals surface area contributed by atoms with E-state index in [0.717, 1.165) is 5.56 Å². The number of methoxy groups -OCH3 is 3. The maximum Gasteiger partial charge on any atom is 0.407 e. The van der Waals surface area contributed by atoms with E-state index in [9.17, 15) is 43.5 Å². The van der Waals surface area contributed by atoms with Crippen LogP contribution in [0.25, 0.3) is 0 Å². The Labute approximate surface area is 475 Å². The van der Waals surface area contributed by atoms with Crippen molar-refractivity contribution >= 4 is 47.5 Å². The van der Waals surface area contributed by atoms with Crippen LogP contribution in [0.4, 0.5) is 4.79 Å². The summed E-state index contributed by atoms with van der Waals surface area (Å²) in [5.41, 5.74) is 0.798. The first-order valence-corrected chi connectivity index (χ1v) is 28.3. The molecule has 0 radical (unpaired) electrons. The summed E-state index contributed by atoms with van der Waals surface area (Å²) in [6, 6.07) is 4.92. The average Bonchev–Trinajstić information content (AvgIpc) is 3.92. The zero-order chi connectivity index (χ0) is 60.2. The normalized spacial score (nSPS) is 17.6. The Balaban J connectivity index is 2.07. The number of carbonyl (C=O) groups is 8. The number of rotatable bonds is 37. The van der Waals surface area contributed by atoms with Crippen LogP contribution in [-0.2, 0) is 68.4 Å². The second-order valence-corrected chi connectivity index (χ2v) is 21.6. The van der Waals surface area contributed by atoms with Gasteiger partial charge in [-0.1, -0.05) is 92.1 Å². The second-order valence-electron chi connectivity index (χ2n) is 21.6. The van der Waals surface area contributed by atoms with Crippen molar-refractivity contribution in [1.29, 1.82) is 0 Å². The Morgan fingerprint density at radius 1 is 0.775 bits per heavy atom. The van der Waals surface area contributed by atoms with E-state index >= 15 is 0 Å². The van der Waals surface area contributed by atoms with Gasteiger partial charge in [0.25, 0.3) is 0 Å². The van der Waals surface area contributed by atoms with Crippen molar-refractivity contribution in [2.45, 2.75) is 175 Å². The van der Waals surface area contributed by atoms with Crippen LogP contribution in [0.3, 0.4) is 0 Å². The van der Waals surface area contributed by atoms with Gasteiger partial charge in [-0.15, -0.1) is 0 Å². The number of nitrogens with zero attached hydrogens (tertiary/aromatic N) is 3. The van der Waals surface area contributed by atoms with Crippen LogP contribution >= 0.6 is 0 Å². The molecule has 0 aliphatic carbocycles. The molecule has 1 aliphatic rings. The molecule has 2 rings (SSSR count). The fourth-order valence-electron chi connectivity index (χ4n) is 9.97. The summed E-state index contributed by atoms with van der Waals surface area (Å²) < 4.78 is 33.1. The highest BCUT2D eigenvalue weighted by Gasteiger charge is 2.44. The van der Waals surface area contributed by atoms with Crippen LogP contribution in [0, 0.1) is 23.7 Å². The molecule has 6 N–H and O–H groups in total. The van der Waals surface area contributed by atoms with Crippen molar-refractivity contribution in [2.75, 3.05) is 81.9 Å². The van der Waals surface area contributed by atoms with Gasteiger partial charge < -0.3 is 69.9 Å². The minimum Gasteiger partial charge on any atom is -0.464 e. The topological polar surface area (TPSA) is 282 Å². The lowest BCUT2D eigenvalue weighted by Gasteiger charge is -2.41. The van der Waals surface area contributed by atoms with Crippen LogP contribution in [0.2, 0.25) is 0 Å². The number of hydrogen-bond donors (Lipinski definition) is 6. The van der Waals surface area contributed by atoms with E-state index in [1.165, 1.54) is 28.3 Å². The van der Waals surface area contributed by atoms with Gasteiger partial charge in [0.2, 0.25) is 35.4 Å². The first-order valence-electron chi connectivity index (χ1n) is 28.3.